The van der Waals surface area contributed by atoms with Crippen LogP contribution in [0, 0.1) is 34.5 Å². The molecule has 4 aliphatic carbocycles. The molecule has 0 saturated heterocycles. The lowest BCUT2D eigenvalue weighted by Crippen LogP contribution is -2.49. The summed E-state index contributed by atoms with van der Waals surface area (Å²) < 4.78 is 0. The Balaban J connectivity index is 1.52. The van der Waals surface area contributed by atoms with E-state index in [2.05, 4.69) is 31.7 Å². The Morgan fingerprint density at radius 1 is 1.15 bits per heavy atom. The number of nitrogens with zero attached hydrogens (tertiary/aromatic N) is 1. The van der Waals surface area contributed by atoms with E-state index < -0.39 is 0 Å². The first-order valence-corrected chi connectivity index (χ1v) is 10.7. The smallest absolute Gasteiger partial charge is 0.129 e. The number of oxime groups is 1. The summed E-state index contributed by atoms with van der Waals surface area (Å²) in [6, 6.07) is 0. The molecule has 0 aromatic carbocycles. The van der Waals surface area contributed by atoms with Crippen molar-refractivity contribution in [3.63, 3.8) is 0 Å². The SMILES string of the molecule is C=C1CCC2C3CCC4=C[C@@H](/C=N/OCCN)CC[C@]4(C)C3CC[C@]12C. The van der Waals surface area contributed by atoms with E-state index in [9.17, 15) is 0 Å². The largest absolute Gasteiger partial charge is 0.395 e. The molecule has 3 saturated carbocycles. The van der Waals surface area contributed by atoms with Gasteiger partial charge in [0.15, 0.2) is 0 Å². The van der Waals surface area contributed by atoms with Crippen LogP contribution in [0.15, 0.2) is 29.0 Å². The molecular weight excluding hydrogens is 320 g/mol. The van der Waals surface area contributed by atoms with Crippen LogP contribution in [0.3, 0.4) is 0 Å². The normalized spacial score (nSPS) is 45.0. The van der Waals surface area contributed by atoms with Gasteiger partial charge < -0.3 is 10.6 Å². The minimum atomic E-state index is 0.413. The van der Waals surface area contributed by atoms with E-state index in [-0.39, 0.29) is 0 Å². The van der Waals surface area contributed by atoms with Crippen LogP contribution in [-0.4, -0.2) is 19.4 Å². The van der Waals surface area contributed by atoms with Gasteiger partial charge in [-0.3, -0.25) is 0 Å². The molecular formula is C23H36N2O. The number of allylic oxidation sites excluding steroid dienone is 3. The second-order valence-corrected chi connectivity index (χ2v) is 9.70. The maximum Gasteiger partial charge on any atom is 0.129 e. The van der Waals surface area contributed by atoms with Gasteiger partial charge in [0.1, 0.15) is 6.61 Å². The third-order valence-electron chi connectivity index (χ3n) is 8.64. The van der Waals surface area contributed by atoms with Crippen molar-refractivity contribution in [3.05, 3.63) is 23.8 Å². The zero-order valence-corrected chi connectivity index (χ0v) is 16.7. The van der Waals surface area contributed by atoms with Gasteiger partial charge in [0, 0.05) is 12.5 Å². The molecule has 0 heterocycles. The highest BCUT2D eigenvalue weighted by molar-refractivity contribution is 5.63. The van der Waals surface area contributed by atoms with Crippen molar-refractivity contribution in [3.8, 4) is 0 Å². The average molecular weight is 357 g/mol. The van der Waals surface area contributed by atoms with Crippen LogP contribution in [-0.2, 0) is 4.84 Å². The van der Waals surface area contributed by atoms with E-state index in [1.54, 1.807) is 11.1 Å². The first-order valence-electron chi connectivity index (χ1n) is 10.7. The number of hydrogen-bond acceptors (Lipinski definition) is 3. The van der Waals surface area contributed by atoms with Gasteiger partial charge in [0.05, 0.1) is 6.21 Å². The zero-order chi connectivity index (χ0) is 18.4. The Labute approximate surface area is 159 Å². The Morgan fingerprint density at radius 3 is 2.73 bits per heavy atom. The van der Waals surface area contributed by atoms with Crippen molar-refractivity contribution in [2.75, 3.05) is 13.2 Å². The zero-order valence-electron chi connectivity index (χ0n) is 16.7. The Kier molecular flexibility index (Phi) is 4.79. The number of nitrogens with two attached hydrogens (primary N) is 1. The third kappa shape index (κ3) is 2.78. The van der Waals surface area contributed by atoms with Gasteiger partial charge in [-0.25, -0.2) is 0 Å². The maximum atomic E-state index is 5.45. The summed E-state index contributed by atoms with van der Waals surface area (Å²) >= 11 is 0. The molecule has 3 fully saturated rings. The van der Waals surface area contributed by atoms with E-state index in [0.29, 0.717) is 29.9 Å². The minimum absolute atomic E-state index is 0.413. The maximum absolute atomic E-state index is 5.45. The topological polar surface area (TPSA) is 47.6 Å². The van der Waals surface area contributed by atoms with E-state index >= 15 is 0 Å². The van der Waals surface area contributed by atoms with Crippen LogP contribution in [0.2, 0.25) is 0 Å². The summed E-state index contributed by atoms with van der Waals surface area (Å²) in [7, 11) is 0. The molecule has 6 atom stereocenters. The van der Waals surface area contributed by atoms with Crippen LogP contribution in [0.1, 0.15) is 65.2 Å². The van der Waals surface area contributed by atoms with Crippen molar-refractivity contribution in [1.29, 1.82) is 0 Å². The molecule has 3 nitrogen and oxygen atoms in total. The second kappa shape index (κ2) is 6.82. The molecule has 0 radical (unpaired) electrons. The number of hydrogen-bond donors (Lipinski definition) is 1. The molecule has 0 aliphatic heterocycles. The van der Waals surface area contributed by atoms with E-state index in [1.165, 1.54) is 51.4 Å². The summed E-state index contributed by atoms with van der Waals surface area (Å²) in [4.78, 5) is 5.21. The van der Waals surface area contributed by atoms with Gasteiger partial charge in [-0.15, -0.1) is 0 Å². The molecule has 4 aliphatic rings. The summed E-state index contributed by atoms with van der Waals surface area (Å²) in [6.45, 7) is 10.6. The monoisotopic (exact) mass is 356 g/mol. The Bertz CT molecular complexity index is 624. The van der Waals surface area contributed by atoms with Crippen LogP contribution in [0.25, 0.3) is 0 Å². The van der Waals surface area contributed by atoms with Crippen molar-refractivity contribution < 1.29 is 4.84 Å². The summed E-state index contributed by atoms with van der Waals surface area (Å²) in [5, 5.41) is 4.13. The Hall–Kier alpha value is -1.09. The summed E-state index contributed by atoms with van der Waals surface area (Å²) in [5.41, 5.74) is 9.56. The molecule has 26 heavy (non-hydrogen) atoms. The molecule has 3 heteroatoms. The molecule has 0 aromatic heterocycles. The Morgan fingerprint density at radius 2 is 1.92 bits per heavy atom. The number of rotatable bonds is 4. The standard InChI is InChI=1S/C23H36N2O/c1-16-4-7-20-19-6-5-18-14-17(15-25-26-13-12-24)8-10-23(18,3)21(19)9-11-22(16,20)2/h14-15,17,19-21H,1,4-13,24H2,2-3H3/b25-15+/t17-,19?,20?,21?,22+,23-/m0/s1. The fourth-order valence-corrected chi connectivity index (χ4v) is 7.01. The molecule has 144 valence electrons. The highest BCUT2D eigenvalue weighted by Crippen LogP contribution is 2.66. The van der Waals surface area contributed by atoms with Crippen molar-refractivity contribution in [2.45, 2.75) is 65.2 Å². The molecule has 2 N–H and O–H groups in total. The van der Waals surface area contributed by atoms with Gasteiger partial charge >= 0.3 is 0 Å². The lowest BCUT2D eigenvalue weighted by atomic mass is 9.47. The van der Waals surface area contributed by atoms with Gasteiger partial charge in [0.2, 0.25) is 0 Å². The molecule has 3 unspecified atom stereocenters. The molecule has 4 rings (SSSR count). The summed E-state index contributed by atoms with van der Waals surface area (Å²) in [5.74, 6) is 3.11. The summed E-state index contributed by atoms with van der Waals surface area (Å²) in [6.07, 6.45) is 15.1. The van der Waals surface area contributed by atoms with E-state index in [0.717, 1.165) is 17.8 Å². The predicted molar refractivity (Wildman–Crippen MR) is 108 cm³/mol. The first-order chi connectivity index (χ1) is 12.5. The second-order valence-electron chi connectivity index (χ2n) is 9.70. The van der Waals surface area contributed by atoms with Gasteiger partial charge in [-0.05, 0) is 80.0 Å². The van der Waals surface area contributed by atoms with Gasteiger partial charge in [0.25, 0.3) is 0 Å². The van der Waals surface area contributed by atoms with Crippen molar-refractivity contribution >= 4 is 6.21 Å². The van der Waals surface area contributed by atoms with E-state index in [1.807, 2.05) is 6.21 Å². The fourth-order valence-electron chi connectivity index (χ4n) is 7.01. The minimum Gasteiger partial charge on any atom is -0.395 e. The predicted octanol–water partition coefficient (Wildman–Crippen LogP) is 5.08. The molecule has 0 bridgehead atoms. The third-order valence-corrected chi connectivity index (χ3v) is 8.64. The lowest BCUT2D eigenvalue weighted by Gasteiger charge is -2.58. The molecule has 0 amide bonds. The van der Waals surface area contributed by atoms with Crippen molar-refractivity contribution in [1.82, 2.24) is 0 Å². The lowest BCUT2D eigenvalue weighted by molar-refractivity contribution is -0.0263. The molecule has 0 spiro atoms. The highest BCUT2D eigenvalue weighted by Gasteiger charge is 2.57. The van der Waals surface area contributed by atoms with Gasteiger partial charge in [-0.2, -0.15) is 0 Å². The van der Waals surface area contributed by atoms with Crippen molar-refractivity contribution in [2.24, 2.45) is 45.4 Å². The van der Waals surface area contributed by atoms with Crippen LogP contribution in [0.4, 0.5) is 0 Å². The first kappa shape index (κ1) is 18.3. The van der Waals surface area contributed by atoms with Crippen LogP contribution in [0.5, 0.6) is 0 Å². The number of fused-ring (bicyclic) bond motifs is 5. The van der Waals surface area contributed by atoms with Crippen LogP contribution < -0.4 is 5.73 Å². The fraction of sp³-hybridized carbons (Fsp3) is 0.783. The van der Waals surface area contributed by atoms with Crippen LogP contribution >= 0.6 is 0 Å². The van der Waals surface area contributed by atoms with E-state index in [4.69, 9.17) is 10.6 Å². The quantitative estimate of drug-likeness (QED) is 0.330. The highest BCUT2D eigenvalue weighted by atomic mass is 16.6. The average Bonchev–Trinajstić information content (AvgIpc) is 2.94. The van der Waals surface area contributed by atoms with Gasteiger partial charge in [-0.1, -0.05) is 42.8 Å². The molecule has 0 aromatic rings.